The van der Waals surface area contributed by atoms with Crippen molar-refractivity contribution in [1.29, 1.82) is 0 Å². The summed E-state index contributed by atoms with van der Waals surface area (Å²) in [6.07, 6.45) is 6.80. The Bertz CT molecular complexity index is 903. The van der Waals surface area contributed by atoms with Crippen LogP contribution in [-0.2, 0) is 10.3 Å². The lowest BCUT2D eigenvalue weighted by molar-refractivity contribution is -0.134. The van der Waals surface area contributed by atoms with Gasteiger partial charge in [-0.2, -0.15) is 10.1 Å². The zero-order valence-electron chi connectivity index (χ0n) is 16.3. The maximum atomic E-state index is 12.6. The third-order valence-corrected chi connectivity index (χ3v) is 5.62. The molecule has 1 amide bonds. The van der Waals surface area contributed by atoms with Crippen molar-refractivity contribution in [3.05, 3.63) is 16.6 Å². The molecule has 2 fully saturated rings. The lowest BCUT2D eigenvalue weighted by Crippen LogP contribution is -2.35. The third-order valence-electron chi connectivity index (χ3n) is 5.62. The predicted octanol–water partition coefficient (Wildman–Crippen LogP) is 2.08. The van der Waals surface area contributed by atoms with Gasteiger partial charge < -0.3 is 10.2 Å². The summed E-state index contributed by atoms with van der Waals surface area (Å²) in [6, 6.07) is 0.0990. The second-order valence-electron chi connectivity index (χ2n) is 8.77. The highest BCUT2D eigenvalue weighted by Crippen LogP contribution is 2.28. The zero-order valence-corrected chi connectivity index (χ0v) is 16.3. The number of carbonyl (C=O) groups excluding carboxylic acids is 1. The van der Waals surface area contributed by atoms with E-state index in [1.54, 1.807) is 10.9 Å². The number of hydrogen-bond acceptors (Lipinski definition) is 5. The van der Waals surface area contributed by atoms with Gasteiger partial charge in [0.25, 0.3) is 5.56 Å². The van der Waals surface area contributed by atoms with Crippen LogP contribution >= 0.6 is 0 Å². The Labute approximate surface area is 158 Å². The van der Waals surface area contributed by atoms with Gasteiger partial charge in [0.15, 0.2) is 5.65 Å². The van der Waals surface area contributed by atoms with Gasteiger partial charge in [-0.3, -0.25) is 14.6 Å². The number of amides is 1. The molecular weight excluding hydrogens is 344 g/mol. The minimum absolute atomic E-state index is 0.0990. The average molecular weight is 372 g/mol. The molecule has 1 atom stereocenters. The number of nitrogens with zero attached hydrogens (tertiary/aromatic N) is 4. The molecule has 2 aliphatic rings. The summed E-state index contributed by atoms with van der Waals surface area (Å²) in [7, 11) is 0. The molecule has 3 heterocycles. The molecule has 8 nitrogen and oxygen atoms in total. The van der Waals surface area contributed by atoms with Gasteiger partial charge in [-0.15, -0.1) is 0 Å². The van der Waals surface area contributed by atoms with E-state index in [4.69, 9.17) is 0 Å². The largest absolute Gasteiger partial charge is 0.351 e. The summed E-state index contributed by atoms with van der Waals surface area (Å²) in [4.78, 5) is 34.4. The van der Waals surface area contributed by atoms with Crippen LogP contribution in [0.15, 0.2) is 11.0 Å². The maximum absolute atomic E-state index is 12.6. The third kappa shape index (κ3) is 3.44. The fourth-order valence-corrected chi connectivity index (χ4v) is 4.18. The number of aromatic nitrogens is 4. The van der Waals surface area contributed by atoms with Crippen molar-refractivity contribution in [3.63, 3.8) is 0 Å². The Morgan fingerprint density at radius 2 is 2.00 bits per heavy atom. The summed E-state index contributed by atoms with van der Waals surface area (Å²) in [6.45, 7) is 7.51. The van der Waals surface area contributed by atoms with E-state index in [0.29, 0.717) is 29.4 Å². The molecule has 2 aromatic heterocycles. The van der Waals surface area contributed by atoms with Gasteiger partial charge in [-0.1, -0.05) is 12.8 Å². The summed E-state index contributed by atoms with van der Waals surface area (Å²) in [5.41, 5.74) is 0.109. The molecule has 8 heteroatoms. The quantitative estimate of drug-likeness (QED) is 0.860. The molecule has 27 heavy (non-hydrogen) atoms. The topological polar surface area (TPSA) is 95.9 Å². The first-order chi connectivity index (χ1) is 12.8. The number of fused-ring (bicyclic) bond motifs is 1. The standard InChI is InChI=1S/C19H28N6O2/c1-19(2,3)25-15-14(10-20-25)16(26)23-18(22-15)21-13-8-9-24(11-13)17(27)12-6-4-5-7-12/h10,12-13H,4-9,11H2,1-3H3,(H2,21,22,23,26). The molecule has 2 N–H and O–H groups in total. The van der Waals surface area contributed by atoms with Gasteiger partial charge in [0.1, 0.15) is 5.39 Å². The summed E-state index contributed by atoms with van der Waals surface area (Å²) >= 11 is 0. The summed E-state index contributed by atoms with van der Waals surface area (Å²) < 4.78 is 1.77. The number of likely N-dealkylation sites (tertiary alicyclic amines) is 1. The van der Waals surface area contributed by atoms with Crippen LogP contribution in [0.4, 0.5) is 5.95 Å². The van der Waals surface area contributed by atoms with Crippen molar-refractivity contribution in [1.82, 2.24) is 24.6 Å². The van der Waals surface area contributed by atoms with Crippen LogP contribution in [-0.4, -0.2) is 49.7 Å². The Kier molecular flexibility index (Phi) is 4.44. The van der Waals surface area contributed by atoms with Crippen molar-refractivity contribution >= 4 is 22.9 Å². The lowest BCUT2D eigenvalue weighted by Gasteiger charge is -2.21. The molecule has 1 saturated carbocycles. The fourth-order valence-electron chi connectivity index (χ4n) is 4.18. The Hall–Kier alpha value is -2.38. The SMILES string of the molecule is CC(C)(C)n1ncc2c(=O)[nH]c(NC3CCN(C(=O)C4CCCC4)C3)nc21. The molecule has 4 rings (SSSR count). The first kappa shape index (κ1) is 18.0. The highest BCUT2D eigenvalue weighted by atomic mass is 16.2. The number of H-pyrrole nitrogens is 1. The van der Waals surface area contributed by atoms with E-state index >= 15 is 0 Å². The molecule has 0 radical (unpaired) electrons. The van der Waals surface area contributed by atoms with Gasteiger partial charge >= 0.3 is 0 Å². The van der Waals surface area contributed by atoms with Crippen molar-refractivity contribution in [2.75, 3.05) is 18.4 Å². The van der Waals surface area contributed by atoms with Crippen LogP contribution in [0.25, 0.3) is 11.0 Å². The van der Waals surface area contributed by atoms with Crippen molar-refractivity contribution in [2.45, 2.75) is 64.5 Å². The zero-order chi connectivity index (χ0) is 19.2. The van der Waals surface area contributed by atoms with Gasteiger partial charge in [-0.05, 0) is 40.0 Å². The monoisotopic (exact) mass is 372 g/mol. The normalized spacial score (nSPS) is 21.3. The fraction of sp³-hybridized carbons (Fsp3) is 0.684. The first-order valence-corrected chi connectivity index (χ1v) is 9.87. The molecule has 0 aromatic carbocycles. The summed E-state index contributed by atoms with van der Waals surface area (Å²) in [5, 5.41) is 8.14. The van der Waals surface area contributed by atoms with Crippen LogP contribution in [0, 0.1) is 5.92 Å². The predicted molar refractivity (Wildman–Crippen MR) is 104 cm³/mol. The number of aromatic amines is 1. The Balaban J connectivity index is 1.50. The number of hydrogen-bond donors (Lipinski definition) is 2. The van der Waals surface area contributed by atoms with Gasteiger partial charge in [-0.25, -0.2) is 4.68 Å². The van der Waals surface area contributed by atoms with Crippen LogP contribution < -0.4 is 10.9 Å². The smallest absolute Gasteiger partial charge is 0.263 e. The average Bonchev–Trinajstić information content (AvgIpc) is 3.34. The van der Waals surface area contributed by atoms with E-state index < -0.39 is 0 Å². The van der Waals surface area contributed by atoms with Gasteiger partial charge in [0, 0.05) is 25.0 Å². The van der Waals surface area contributed by atoms with Crippen LogP contribution in [0.2, 0.25) is 0 Å². The molecule has 1 aliphatic carbocycles. The Morgan fingerprint density at radius 1 is 1.26 bits per heavy atom. The van der Waals surface area contributed by atoms with Crippen molar-refractivity contribution < 1.29 is 4.79 Å². The number of carbonyl (C=O) groups is 1. The minimum Gasteiger partial charge on any atom is -0.351 e. The second-order valence-corrected chi connectivity index (χ2v) is 8.77. The number of rotatable bonds is 3. The molecule has 2 aromatic rings. The first-order valence-electron chi connectivity index (χ1n) is 9.87. The van der Waals surface area contributed by atoms with Crippen molar-refractivity contribution in [3.8, 4) is 0 Å². The van der Waals surface area contributed by atoms with Crippen LogP contribution in [0.1, 0.15) is 52.9 Å². The van der Waals surface area contributed by atoms with Crippen molar-refractivity contribution in [2.24, 2.45) is 5.92 Å². The molecular formula is C19H28N6O2. The van der Waals surface area contributed by atoms with Crippen LogP contribution in [0.3, 0.4) is 0 Å². The molecule has 0 spiro atoms. The van der Waals surface area contributed by atoms with Crippen LogP contribution in [0.5, 0.6) is 0 Å². The molecule has 1 unspecified atom stereocenters. The Morgan fingerprint density at radius 3 is 2.70 bits per heavy atom. The van der Waals surface area contributed by atoms with E-state index in [2.05, 4.69) is 20.4 Å². The van der Waals surface area contributed by atoms with E-state index in [-0.39, 0.29) is 23.1 Å². The maximum Gasteiger partial charge on any atom is 0.263 e. The van der Waals surface area contributed by atoms with E-state index in [0.717, 1.165) is 25.8 Å². The van der Waals surface area contributed by atoms with Gasteiger partial charge in [0.05, 0.1) is 11.7 Å². The summed E-state index contributed by atoms with van der Waals surface area (Å²) in [5.74, 6) is 0.942. The molecule has 1 aliphatic heterocycles. The second kappa shape index (κ2) is 6.65. The van der Waals surface area contributed by atoms with E-state index in [1.807, 2.05) is 25.7 Å². The lowest BCUT2D eigenvalue weighted by atomic mass is 10.1. The van der Waals surface area contributed by atoms with E-state index in [9.17, 15) is 9.59 Å². The molecule has 0 bridgehead atoms. The number of anilines is 1. The highest BCUT2D eigenvalue weighted by Gasteiger charge is 2.32. The van der Waals surface area contributed by atoms with Gasteiger partial charge in [0.2, 0.25) is 11.9 Å². The number of nitrogens with one attached hydrogen (secondary N) is 2. The van der Waals surface area contributed by atoms with E-state index in [1.165, 1.54) is 12.8 Å². The highest BCUT2D eigenvalue weighted by molar-refractivity contribution is 5.79. The molecule has 146 valence electrons. The minimum atomic E-state index is -0.266. The molecule has 1 saturated heterocycles.